The van der Waals surface area contributed by atoms with Crippen molar-refractivity contribution >= 4 is 6.34 Å². The SMILES string of the molecule is C=CCN(C)C=NO. The number of oxime groups is 1. The van der Waals surface area contributed by atoms with Gasteiger partial charge in [-0.25, -0.2) is 0 Å². The van der Waals surface area contributed by atoms with Crippen molar-refractivity contribution in [3.63, 3.8) is 0 Å². The van der Waals surface area contributed by atoms with Crippen LogP contribution in [0.1, 0.15) is 0 Å². The molecule has 0 fully saturated rings. The van der Waals surface area contributed by atoms with Crippen LogP contribution < -0.4 is 0 Å². The van der Waals surface area contributed by atoms with E-state index < -0.39 is 0 Å². The summed E-state index contributed by atoms with van der Waals surface area (Å²) in [5, 5.41) is 10.8. The molecular formula is C5H10N2O. The molecule has 0 heterocycles. The molecule has 3 heteroatoms. The van der Waals surface area contributed by atoms with E-state index >= 15 is 0 Å². The molecule has 0 aromatic carbocycles. The first-order valence-electron chi connectivity index (χ1n) is 2.30. The molecule has 0 rings (SSSR count). The van der Waals surface area contributed by atoms with Crippen molar-refractivity contribution in [3.05, 3.63) is 12.7 Å². The third kappa shape index (κ3) is 3.21. The second-order valence-electron chi connectivity index (χ2n) is 1.46. The van der Waals surface area contributed by atoms with Crippen LogP contribution in [0.2, 0.25) is 0 Å². The lowest BCUT2D eigenvalue weighted by atomic mass is 10.6. The fraction of sp³-hybridized carbons (Fsp3) is 0.400. The van der Waals surface area contributed by atoms with Crippen LogP contribution >= 0.6 is 0 Å². The summed E-state index contributed by atoms with van der Waals surface area (Å²) in [5.74, 6) is 0. The molecule has 0 saturated heterocycles. The van der Waals surface area contributed by atoms with E-state index in [1.54, 1.807) is 18.0 Å². The first-order chi connectivity index (χ1) is 3.81. The van der Waals surface area contributed by atoms with Gasteiger partial charge in [-0.05, 0) is 0 Å². The minimum absolute atomic E-state index is 0.698. The molecule has 0 unspecified atom stereocenters. The second kappa shape index (κ2) is 4.18. The van der Waals surface area contributed by atoms with Crippen molar-refractivity contribution in [2.75, 3.05) is 13.6 Å². The minimum Gasteiger partial charge on any atom is -0.410 e. The zero-order valence-electron chi connectivity index (χ0n) is 4.91. The standard InChI is InChI=1S/C5H10N2O/c1-3-4-7(2)5-6-8/h3,5,8H,1,4H2,2H3. The Morgan fingerprint density at radius 1 is 1.88 bits per heavy atom. The number of hydrogen-bond acceptors (Lipinski definition) is 2. The lowest BCUT2D eigenvalue weighted by Gasteiger charge is -2.05. The number of rotatable bonds is 3. The van der Waals surface area contributed by atoms with Gasteiger partial charge in [0.2, 0.25) is 0 Å². The van der Waals surface area contributed by atoms with E-state index in [2.05, 4.69) is 11.7 Å². The number of likely N-dealkylation sites (N-methyl/N-ethyl adjacent to an activating group) is 1. The quantitative estimate of drug-likeness (QED) is 0.191. The Morgan fingerprint density at radius 2 is 2.50 bits per heavy atom. The fourth-order valence-electron chi connectivity index (χ4n) is 0.339. The van der Waals surface area contributed by atoms with Crippen molar-refractivity contribution < 1.29 is 5.21 Å². The molecule has 0 spiro atoms. The summed E-state index contributed by atoms with van der Waals surface area (Å²) < 4.78 is 0. The Labute approximate surface area is 48.9 Å². The van der Waals surface area contributed by atoms with Gasteiger partial charge in [0.25, 0.3) is 0 Å². The van der Waals surface area contributed by atoms with Gasteiger partial charge in [0, 0.05) is 13.6 Å². The lowest BCUT2D eigenvalue weighted by molar-refractivity contribution is 0.313. The van der Waals surface area contributed by atoms with Crippen molar-refractivity contribution in [2.45, 2.75) is 0 Å². The molecule has 0 aliphatic carbocycles. The van der Waals surface area contributed by atoms with E-state index in [1.165, 1.54) is 6.34 Å². The average molecular weight is 114 g/mol. The Morgan fingerprint density at radius 3 is 2.88 bits per heavy atom. The summed E-state index contributed by atoms with van der Waals surface area (Å²) in [6.45, 7) is 4.20. The first-order valence-corrected chi connectivity index (χ1v) is 2.30. The van der Waals surface area contributed by atoms with Crippen molar-refractivity contribution in [1.29, 1.82) is 0 Å². The lowest BCUT2D eigenvalue weighted by Crippen LogP contribution is -2.15. The highest BCUT2D eigenvalue weighted by Crippen LogP contribution is 1.73. The van der Waals surface area contributed by atoms with Crippen LogP contribution in [0.15, 0.2) is 17.8 Å². The normalized spacial score (nSPS) is 9.62. The Hall–Kier alpha value is -0.990. The molecule has 0 aliphatic rings. The van der Waals surface area contributed by atoms with Crippen LogP contribution in [-0.4, -0.2) is 30.0 Å². The van der Waals surface area contributed by atoms with Crippen LogP contribution in [0.4, 0.5) is 0 Å². The summed E-state index contributed by atoms with van der Waals surface area (Å²) in [6.07, 6.45) is 3.04. The molecule has 46 valence electrons. The minimum atomic E-state index is 0.698. The number of hydrogen-bond donors (Lipinski definition) is 1. The predicted molar refractivity (Wildman–Crippen MR) is 33.1 cm³/mol. The average Bonchev–Trinajstić information content (AvgIpc) is 1.68. The topological polar surface area (TPSA) is 35.8 Å². The van der Waals surface area contributed by atoms with E-state index in [0.29, 0.717) is 6.54 Å². The maximum atomic E-state index is 7.96. The Kier molecular flexibility index (Phi) is 3.66. The van der Waals surface area contributed by atoms with E-state index in [1.807, 2.05) is 0 Å². The molecule has 0 saturated carbocycles. The fourth-order valence-corrected chi connectivity index (χ4v) is 0.339. The Bertz CT molecular complexity index is 90.4. The van der Waals surface area contributed by atoms with Crippen LogP contribution in [0, 0.1) is 0 Å². The van der Waals surface area contributed by atoms with Gasteiger partial charge in [0.15, 0.2) is 0 Å². The van der Waals surface area contributed by atoms with Gasteiger partial charge >= 0.3 is 0 Å². The van der Waals surface area contributed by atoms with E-state index in [0.717, 1.165) is 0 Å². The van der Waals surface area contributed by atoms with Gasteiger partial charge in [-0.3, -0.25) is 0 Å². The van der Waals surface area contributed by atoms with Crippen LogP contribution in [0.3, 0.4) is 0 Å². The van der Waals surface area contributed by atoms with Crippen LogP contribution in [0.5, 0.6) is 0 Å². The van der Waals surface area contributed by atoms with Gasteiger partial charge in [0.1, 0.15) is 6.34 Å². The maximum Gasteiger partial charge on any atom is 0.130 e. The molecule has 0 atom stereocenters. The second-order valence-corrected chi connectivity index (χ2v) is 1.46. The van der Waals surface area contributed by atoms with Crippen molar-refractivity contribution in [1.82, 2.24) is 4.90 Å². The van der Waals surface area contributed by atoms with Crippen LogP contribution in [-0.2, 0) is 0 Å². The third-order valence-electron chi connectivity index (χ3n) is 0.666. The summed E-state index contributed by atoms with van der Waals surface area (Å²) in [5.41, 5.74) is 0. The smallest absolute Gasteiger partial charge is 0.130 e. The zero-order chi connectivity index (χ0) is 6.41. The van der Waals surface area contributed by atoms with E-state index in [9.17, 15) is 0 Å². The Balaban J connectivity index is 3.31. The monoisotopic (exact) mass is 114 g/mol. The van der Waals surface area contributed by atoms with E-state index in [4.69, 9.17) is 5.21 Å². The summed E-state index contributed by atoms with van der Waals surface area (Å²) in [6, 6.07) is 0. The van der Waals surface area contributed by atoms with Crippen molar-refractivity contribution in [3.8, 4) is 0 Å². The van der Waals surface area contributed by atoms with Gasteiger partial charge in [-0.1, -0.05) is 11.2 Å². The van der Waals surface area contributed by atoms with Gasteiger partial charge in [-0.15, -0.1) is 6.58 Å². The highest BCUT2D eigenvalue weighted by molar-refractivity contribution is 5.53. The summed E-state index contributed by atoms with van der Waals surface area (Å²) >= 11 is 0. The summed E-state index contributed by atoms with van der Waals surface area (Å²) in [4.78, 5) is 1.70. The molecule has 0 aliphatic heterocycles. The largest absolute Gasteiger partial charge is 0.410 e. The molecule has 0 amide bonds. The molecule has 0 aromatic heterocycles. The molecule has 0 bridgehead atoms. The highest BCUT2D eigenvalue weighted by atomic mass is 16.4. The van der Waals surface area contributed by atoms with Gasteiger partial charge < -0.3 is 10.1 Å². The molecule has 8 heavy (non-hydrogen) atoms. The molecule has 1 N–H and O–H groups in total. The summed E-state index contributed by atoms with van der Waals surface area (Å²) in [7, 11) is 1.79. The molecule has 3 nitrogen and oxygen atoms in total. The van der Waals surface area contributed by atoms with Gasteiger partial charge in [-0.2, -0.15) is 0 Å². The molecular weight excluding hydrogens is 104 g/mol. The molecule has 0 aromatic rings. The highest BCUT2D eigenvalue weighted by Gasteiger charge is 1.81. The van der Waals surface area contributed by atoms with Crippen LogP contribution in [0.25, 0.3) is 0 Å². The number of nitrogens with zero attached hydrogens (tertiary/aromatic N) is 2. The molecule has 0 radical (unpaired) electrons. The zero-order valence-corrected chi connectivity index (χ0v) is 4.91. The first kappa shape index (κ1) is 7.01. The van der Waals surface area contributed by atoms with E-state index in [-0.39, 0.29) is 0 Å². The van der Waals surface area contributed by atoms with Gasteiger partial charge in [0.05, 0.1) is 0 Å². The predicted octanol–water partition coefficient (Wildman–Crippen LogP) is 0.522. The van der Waals surface area contributed by atoms with Crippen molar-refractivity contribution in [2.24, 2.45) is 5.16 Å². The third-order valence-corrected chi connectivity index (χ3v) is 0.666. The maximum absolute atomic E-state index is 7.96.